The number of anilines is 1. The summed E-state index contributed by atoms with van der Waals surface area (Å²) in [6, 6.07) is -1.13. The maximum atomic E-state index is 12.3. The monoisotopic (exact) mass is 341 g/mol. The van der Waals surface area contributed by atoms with Gasteiger partial charge in [0.15, 0.2) is 5.13 Å². The van der Waals surface area contributed by atoms with Crippen LogP contribution in [0.25, 0.3) is 0 Å². The third-order valence-electron chi connectivity index (χ3n) is 2.95. The number of aryl methyl sites for hydroxylation is 2. The van der Waals surface area contributed by atoms with Crippen molar-refractivity contribution in [3.63, 3.8) is 0 Å². The van der Waals surface area contributed by atoms with Gasteiger partial charge in [0.25, 0.3) is 0 Å². The lowest BCUT2D eigenvalue weighted by molar-refractivity contribution is -0.157. The minimum atomic E-state index is -0.684. The molecule has 0 aliphatic heterocycles. The molecule has 0 radical (unpaired) electrons. The highest BCUT2D eigenvalue weighted by Crippen LogP contribution is 2.21. The first-order chi connectivity index (χ1) is 10.5. The molecule has 0 aliphatic carbocycles. The lowest BCUT2D eigenvalue weighted by atomic mass is 10.0. The lowest BCUT2D eigenvalue weighted by Gasteiger charge is -2.25. The fourth-order valence-corrected chi connectivity index (χ4v) is 2.69. The van der Waals surface area contributed by atoms with Gasteiger partial charge in [-0.2, -0.15) is 0 Å². The lowest BCUT2D eigenvalue weighted by Crippen LogP contribution is -2.46. The third kappa shape index (κ3) is 6.99. The molecule has 1 heterocycles. The number of hydrogen-bond acceptors (Lipinski definition) is 5. The molecule has 0 fully saturated rings. The Morgan fingerprint density at radius 3 is 2.30 bits per heavy atom. The van der Waals surface area contributed by atoms with Crippen molar-refractivity contribution in [3.05, 3.63) is 10.6 Å². The highest BCUT2D eigenvalue weighted by molar-refractivity contribution is 7.15. The summed E-state index contributed by atoms with van der Waals surface area (Å²) in [5.74, 6) is -0.176. The average molecular weight is 341 g/mol. The summed E-state index contributed by atoms with van der Waals surface area (Å²) >= 11 is 1.40. The number of aromatic nitrogens is 1. The molecule has 2 amide bonds. The van der Waals surface area contributed by atoms with Crippen molar-refractivity contribution in [2.45, 2.75) is 66.5 Å². The van der Waals surface area contributed by atoms with E-state index in [0.717, 1.165) is 10.6 Å². The number of rotatable bonds is 5. The molecule has 0 aliphatic rings. The molecule has 0 aromatic carbocycles. The Bertz CT molecular complexity index is 542. The minimum Gasteiger partial charge on any atom is -0.458 e. The highest BCUT2D eigenvalue weighted by atomic mass is 32.1. The summed E-state index contributed by atoms with van der Waals surface area (Å²) < 4.78 is 5.38. The van der Waals surface area contributed by atoms with Gasteiger partial charge in [-0.25, -0.2) is 14.6 Å². The quantitative estimate of drug-likeness (QED) is 0.801. The van der Waals surface area contributed by atoms with Crippen LogP contribution in [0.1, 0.15) is 51.6 Å². The summed E-state index contributed by atoms with van der Waals surface area (Å²) in [7, 11) is 0. The number of esters is 1. The summed E-state index contributed by atoms with van der Waals surface area (Å²) in [6.07, 6.45) is 0.512. The Morgan fingerprint density at radius 2 is 1.87 bits per heavy atom. The normalized spacial score (nSPS) is 12.9. The van der Waals surface area contributed by atoms with Gasteiger partial charge in [-0.05, 0) is 47.0 Å². The molecule has 0 saturated heterocycles. The first-order valence-electron chi connectivity index (χ1n) is 7.72. The molecule has 1 aromatic rings. The number of ether oxygens (including phenoxy) is 1. The molecule has 0 saturated carbocycles. The first kappa shape index (κ1) is 19.4. The molecule has 7 heteroatoms. The zero-order valence-corrected chi connectivity index (χ0v) is 15.8. The van der Waals surface area contributed by atoms with Crippen LogP contribution in [0.15, 0.2) is 0 Å². The summed E-state index contributed by atoms with van der Waals surface area (Å²) in [5, 5.41) is 5.88. The summed E-state index contributed by atoms with van der Waals surface area (Å²) in [6.45, 7) is 13.2. The Kier molecular flexibility index (Phi) is 6.56. The Balaban J connectivity index is 2.72. The summed E-state index contributed by atoms with van der Waals surface area (Å²) in [5.41, 5.74) is 0.296. The van der Waals surface area contributed by atoms with E-state index in [1.54, 1.807) is 20.8 Å². The standard InChI is InChI=1S/C16H27N3O3S/c1-9(2)8-12(13(20)22-16(5,6)7)18-14(21)19-15-17-10(3)11(4)23-15/h9,12H,8H2,1-7H3,(H2,17,18,19,21)/t12-/m1/s1. The smallest absolute Gasteiger partial charge is 0.329 e. The van der Waals surface area contributed by atoms with Crippen LogP contribution in [0, 0.1) is 19.8 Å². The van der Waals surface area contributed by atoms with E-state index in [4.69, 9.17) is 4.74 Å². The van der Waals surface area contributed by atoms with Gasteiger partial charge in [0.1, 0.15) is 11.6 Å². The van der Waals surface area contributed by atoms with Gasteiger partial charge in [0.2, 0.25) is 0 Å². The van der Waals surface area contributed by atoms with E-state index >= 15 is 0 Å². The van der Waals surface area contributed by atoms with Gasteiger partial charge >= 0.3 is 12.0 Å². The van der Waals surface area contributed by atoms with E-state index in [9.17, 15) is 9.59 Å². The van der Waals surface area contributed by atoms with Crippen LogP contribution < -0.4 is 10.6 Å². The average Bonchev–Trinajstić information content (AvgIpc) is 2.64. The first-order valence-corrected chi connectivity index (χ1v) is 8.54. The number of nitrogens with zero attached hydrogens (tertiary/aromatic N) is 1. The van der Waals surface area contributed by atoms with E-state index in [1.165, 1.54) is 11.3 Å². The zero-order valence-electron chi connectivity index (χ0n) is 14.9. The molecule has 2 N–H and O–H groups in total. The van der Waals surface area contributed by atoms with E-state index in [-0.39, 0.29) is 5.92 Å². The van der Waals surface area contributed by atoms with Gasteiger partial charge in [-0.3, -0.25) is 5.32 Å². The van der Waals surface area contributed by atoms with Gasteiger partial charge in [-0.15, -0.1) is 11.3 Å². The van der Waals surface area contributed by atoms with E-state index in [0.29, 0.717) is 11.6 Å². The largest absolute Gasteiger partial charge is 0.458 e. The number of nitrogens with one attached hydrogen (secondary N) is 2. The van der Waals surface area contributed by atoms with E-state index in [1.807, 2.05) is 27.7 Å². The van der Waals surface area contributed by atoms with Crippen LogP contribution in [0.3, 0.4) is 0 Å². The van der Waals surface area contributed by atoms with Crippen LogP contribution in [-0.4, -0.2) is 28.6 Å². The number of thiazole rings is 1. The molecule has 1 atom stereocenters. The van der Waals surface area contributed by atoms with Crippen molar-refractivity contribution < 1.29 is 14.3 Å². The Hall–Kier alpha value is -1.63. The number of amides is 2. The number of urea groups is 1. The molecule has 1 aromatic heterocycles. The second kappa shape index (κ2) is 7.77. The minimum absolute atomic E-state index is 0.247. The van der Waals surface area contributed by atoms with Crippen molar-refractivity contribution in [2.24, 2.45) is 5.92 Å². The van der Waals surface area contributed by atoms with Gasteiger partial charge in [0.05, 0.1) is 5.69 Å². The maximum Gasteiger partial charge on any atom is 0.329 e. The molecule has 130 valence electrons. The highest BCUT2D eigenvalue weighted by Gasteiger charge is 2.27. The SMILES string of the molecule is Cc1nc(NC(=O)N[C@H](CC(C)C)C(=O)OC(C)(C)C)sc1C. The van der Waals surface area contributed by atoms with Crippen LogP contribution in [-0.2, 0) is 9.53 Å². The Morgan fingerprint density at radius 1 is 1.26 bits per heavy atom. The van der Waals surface area contributed by atoms with Crippen LogP contribution >= 0.6 is 11.3 Å². The van der Waals surface area contributed by atoms with Crippen molar-refractivity contribution in [1.82, 2.24) is 10.3 Å². The second-order valence-corrected chi connectivity index (χ2v) is 8.18. The molecular formula is C16H27N3O3S. The van der Waals surface area contributed by atoms with Crippen LogP contribution in [0.4, 0.5) is 9.93 Å². The fraction of sp³-hybridized carbons (Fsp3) is 0.688. The zero-order chi connectivity index (χ0) is 17.8. The van der Waals surface area contributed by atoms with Gasteiger partial charge < -0.3 is 10.1 Å². The van der Waals surface area contributed by atoms with E-state index < -0.39 is 23.6 Å². The predicted molar refractivity (Wildman–Crippen MR) is 92.8 cm³/mol. The van der Waals surface area contributed by atoms with Crippen LogP contribution in [0.2, 0.25) is 0 Å². The fourth-order valence-electron chi connectivity index (χ4n) is 1.88. The Labute approximate surface area is 142 Å². The third-order valence-corrected chi connectivity index (χ3v) is 3.94. The number of carbonyl (C=O) groups is 2. The molecule has 1 rings (SSSR count). The second-order valence-electron chi connectivity index (χ2n) is 6.97. The topological polar surface area (TPSA) is 80.3 Å². The summed E-state index contributed by atoms with van der Waals surface area (Å²) in [4.78, 5) is 29.7. The van der Waals surface area contributed by atoms with Crippen molar-refractivity contribution in [1.29, 1.82) is 0 Å². The molecule has 23 heavy (non-hydrogen) atoms. The van der Waals surface area contributed by atoms with Crippen molar-refractivity contribution in [3.8, 4) is 0 Å². The van der Waals surface area contributed by atoms with Gasteiger partial charge in [0, 0.05) is 4.88 Å². The van der Waals surface area contributed by atoms with Gasteiger partial charge in [-0.1, -0.05) is 13.8 Å². The molecule has 0 bridgehead atoms. The predicted octanol–water partition coefficient (Wildman–Crippen LogP) is 3.64. The number of carbonyl (C=O) groups excluding carboxylic acids is 2. The van der Waals surface area contributed by atoms with Crippen LogP contribution in [0.5, 0.6) is 0 Å². The molecule has 6 nitrogen and oxygen atoms in total. The molecule has 0 unspecified atom stereocenters. The van der Waals surface area contributed by atoms with Crippen molar-refractivity contribution >= 4 is 28.5 Å². The van der Waals surface area contributed by atoms with Crippen molar-refractivity contribution in [2.75, 3.05) is 5.32 Å². The number of hydrogen-bond donors (Lipinski definition) is 2. The molecular weight excluding hydrogens is 314 g/mol. The molecule has 0 spiro atoms. The van der Waals surface area contributed by atoms with E-state index in [2.05, 4.69) is 15.6 Å². The maximum absolute atomic E-state index is 12.3.